The first kappa shape index (κ1) is 20.7. The second-order valence-electron chi connectivity index (χ2n) is 6.43. The smallest absolute Gasteiger partial charge is 0.262 e. The van der Waals surface area contributed by atoms with E-state index >= 15 is 0 Å². The first-order chi connectivity index (χ1) is 13.2. The molecule has 0 aliphatic carbocycles. The summed E-state index contributed by atoms with van der Waals surface area (Å²) in [7, 11) is 1.47. The van der Waals surface area contributed by atoms with Crippen molar-refractivity contribution in [1.29, 1.82) is 0 Å². The molecule has 0 unspecified atom stereocenters. The number of anilines is 1. The van der Waals surface area contributed by atoms with Gasteiger partial charge in [-0.05, 0) is 56.6 Å². The monoisotopic (exact) mass is 439 g/mol. The lowest BCUT2D eigenvalue weighted by Crippen LogP contribution is -2.15. The van der Waals surface area contributed by atoms with Gasteiger partial charge in [-0.2, -0.15) is 0 Å². The number of benzene rings is 2. The van der Waals surface area contributed by atoms with E-state index < -0.39 is 10.0 Å². The number of ether oxygens (including phenoxy) is 1. The van der Waals surface area contributed by atoms with Gasteiger partial charge in [0.25, 0.3) is 10.0 Å². The molecule has 0 saturated heterocycles. The molecule has 0 aliphatic rings. The molecule has 0 fully saturated rings. The number of pyridine rings is 1. The van der Waals surface area contributed by atoms with Crippen molar-refractivity contribution in [2.45, 2.75) is 11.4 Å². The average molecular weight is 440 g/mol. The third kappa shape index (κ3) is 4.33. The van der Waals surface area contributed by atoms with E-state index in [1.54, 1.807) is 12.1 Å². The quantitative estimate of drug-likeness (QED) is 0.615. The Morgan fingerprint density at radius 1 is 1.07 bits per heavy atom. The lowest BCUT2D eigenvalue weighted by Gasteiger charge is -2.15. The van der Waals surface area contributed by atoms with Gasteiger partial charge in [0, 0.05) is 11.9 Å². The molecule has 28 heavy (non-hydrogen) atoms. The summed E-state index contributed by atoms with van der Waals surface area (Å²) in [4.78, 5) is 6.63. The predicted octanol–water partition coefficient (Wildman–Crippen LogP) is 4.41. The minimum atomic E-state index is -3.88. The van der Waals surface area contributed by atoms with Gasteiger partial charge < -0.3 is 9.64 Å². The number of methoxy groups -OCH3 is 1. The highest BCUT2D eigenvalue weighted by molar-refractivity contribution is 7.92. The van der Waals surface area contributed by atoms with Gasteiger partial charge in [0.1, 0.15) is 5.75 Å². The standard InChI is InChI=1S/C19H19Cl2N3O3S/c1-24(2)11-12-4-9-15-16(20)10-17(21)19(18(15)22-12)23-28(25,26)14-7-5-13(27-3)6-8-14/h4-10,23H,11H2,1-3H3. The molecule has 1 N–H and O–H groups in total. The van der Waals surface area contributed by atoms with E-state index in [1.807, 2.05) is 31.1 Å². The van der Waals surface area contributed by atoms with E-state index in [9.17, 15) is 8.42 Å². The average Bonchev–Trinajstić information content (AvgIpc) is 2.64. The Labute approximate surface area is 174 Å². The Bertz CT molecular complexity index is 1120. The number of nitrogens with one attached hydrogen (secondary N) is 1. The van der Waals surface area contributed by atoms with Crippen molar-refractivity contribution in [2.24, 2.45) is 0 Å². The second kappa shape index (κ2) is 8.13. The lowest BCUT2D eigenvalue weighted by molar-refractivity contribution is 0.397. The van der Waals surface area contributed by atoms with Crippen LogP contribution in [0.25, 0.3) is 10.9 Å². The summed E-state index contributed by atoms with van der Waals surface area (Å²) in [5.74, 6) is 0.559. The maximum absolute atomic E-state index is 12.9. The minimum absolute atomic E-state index is 0.0805. The van der Waals surface area contributed by atoms with Crippen molar-refractivity contribution >= 4 is 49.8 Å². The van der Waals surface area contributed by atoms with Crippen LogP contribution in [0.5, 0.6) is 5.75 Å². The molecule has 1 heterocycles. The van der Waals surface area contributed by atoms with Crippen molar-refractivity contribution < 1.29 is 13.2 Å². The van der Waals surface area contributed by atoms with E-state index in [0.717, 1.165) is 5.69 Å². The Balaban J connectivity index is 2.10. The highest BCUT2D eigenvalue weighted by Gasteiger charge is 2.20. The molecule has 0 aliphatic heterocycles. The van der Waals surface area contributed by atoms with Crippen LogP contribution in [0.2, 0.25) is 10.0 Å². The normalized spacial score (nSPS) is 11.8. The molecule has 9 heteroatoms. The van der Waals surface area contributed by atoms with Crippen molar-refractivity contribution in [3.63, 3.8) is 0 Å². The van der Waals surface area contributed by atoms with Crippen LogP contribution in [-0.4, -0.2) is 39.5 Å². The van der Waals surface area contributed by atoms with Crippen LogP contribution in [0.4, 0.5) is 5.69 Å². The third-order valence-corrected chi connectivity index (χ3v) is 6.00. The van der Waals surface area contributed by atoms with Crippen LogP contribution in [0.15, 0.2) is 47.4 Å². The SMILES string of the molecule is COc1ccc(S(=O)(=O)Nc2c(Cl)cc(Cl)c3ccc(CN(C)C)nc23)cc1. The van der Waals surface area contributed by atoms with Gasteiger partial charge in [-0.3, -0.25) is 4.72 Å². The Kier molecular flexibility index (Phi) is 6.00. The van der Waals surface area contributed by atoms with Gasteiger partial charge >= 0.3 is 0 Å². The number of rotatable bonds is 6. The number of halogens is 2. The summed E-state index contributed by atoms with van der Waals surface area (Å²) >= 11 is 12.6. The Morgan fingerprint density at radius 2 is 1.75 bits per heavy atom. The first-order valence-corrected chi connectivity index (χ1v) is 10.5. The fraction of sp³-hybridized carbons (Fsp3) is 0.211. The number of hydrogen-bond donors (Lipinski definition) is 1. The van der Waals surface area contributed by atoms with Crippen LogP contribution in [0.3, 0.4) is 0 Å². The van der Waals surface area contributed by atoms with Crippen molar-refractivity contribution in [2.75, 3.05) is 25.9 Å². The Morgan fingerprint density at radius 3 is 2.36 bits per heavy atom. The van der Waals surface area contributed by atoms with Crippen LogP contribution < -0.4 is 9.46 Å². The van der Waals surface area contributed by atoms with Gasteiger partial charge in [0.15, 0.2) is 0 Å². The lowest BCUT2D eigenvalue weighted by atomic mass is 10.1. The summed E-state index contributed by atoms with van der Waals surface area (Å²) in [6.07, 6.45) is 0. The molecular formula is C19H19Cl2N3O3S. The molecule has 0 amide bonds. The minimum Gasteiger partial charge on any atom is -0.497 e. The van der Waals surface area contributed by atoms with Crippen molar-refractivity contribution in [3.05, 3.63) is 58.2 Å². The number of fused-ring (bicyclic) bond motifs is 1. The molecular weight excluding hydrogens is 421 g/mol. The molecule has 0 atom stereocenters. The van der Waals surface area contributed by atoms with Gasteiger partial charge in [-0.25, -0.2) is 13.4 Å². The molecule has 0 bridgehead atoms. The van der Waals surface area contributed by atoms with Crippen LogP contribution in [0.1, 0.15) is 5.69 Å². The molecule has 0 radical (unpaired) electrons. The van der Waals surface area contributed by atoms with Crippen molar-refractivity contribution in [1.82, 2.24) is 9.88 Å². The van der Waals surface area contributed by atoms with E-state index in [4.69, 9.17) is 27.9 Å². The van der Waals surface area contributed by atoms with Gasteiger partial charge in [0.2, 0.25) is 0 Å². The fourth-order valence-corrected chi connectivity index (χ4v) is 4.42. The maximum Gasteiger partial charge on any atom is 0.262 e. The zero-order valence-electron chi connectivity index (χ0n) is 15.5. The van der Waals surface area contributed by atoms with E-state index in [0.29, 0.717) is 28.2 Å². The molecule has 6 nitrogen and oxygen atoms in total. The molecule has 2 aromatic carbocycles. The highest BCUT2D eigenvalue weighted by atomic mass is 35.5. The highest BCUT2D eigenvalue weighted by Crippen LogP contribution is 2.37. The van der Waals surface area contributed by atoms with Gasteiger partial charge in [0.05, 0.1) is 38.9 Å². The molecule has 0 spiro atoms. The summed E-state index contributed by atoms with van der Waals surface area (Å²) in [5.41, 5.74) is 1.35. The summed E-state index contributed by atoms with van der Waals surface area (Å²) < 4.78 is 33.4. The first-order valence-electron chi connectivity index (χ1n) is 8.30. The largest absolute Gasteiger partial charge is 0.497 e. The number of hydrogen-bond acceptors (Lipinski definition) is 5. The summed E-state index contributed by atoms with van der Waals surface area (Å²) in [6, 6.07) is 11.2. The predicted molar refractivity (Wildman–Crippen MR) is 113 cm³/mol. The maximum atomic E-state index is 12.9. The van der Waals surface area contributed by atoms with Crippen LogP contribution in [-0.2, 0) is 16.6 Å². The van der Waals surface area contributed by atoms with E-state index in [1.165, 1.54) is 25.3 Å². The van der Waals surface area contributed by atoms with E-state index in [-0.39, 0.29) is 15.6 Å². The van der Waals surface area contributed by atoms with E-state index in [2.05, 4.69) is 9.71 Å². The number of nitrogens with zero attached hydrogens (tertiary/aromatic N) is 2. The Hall–Kier alpha value is -2.06. The van der Waals surface area contributed by atoms with Crippen LogP contribution >= 0.6 is 23.2 Å². The molecule has 1 aromatic heterocycles. The molecule has 3 rings (SSSR count). The second-order valence-corrected chi connectivity index (χ2v) is 8.93. The number of aromatic nitrogens is 1. The van der Waals surface area contributed by atoms with Crippen LogP contribution in [0, 0.1) is 0 Å². The zero-order valence-corrected chi connectivity index (χ0v) is 17.9. The molecule has 0 saturated carbocycles. The van der Waals surface area contributed by atoms with Gasteiger partial charge in [-0.1, -0.05) is 23.2 Å². The fourth-order valence-electron chi connectivity index (χ4n) is 2.71. The third-order valence-electron chi connectivity index (χ3n) is 4.02. The number of sulfonamides is 1. The van der Waals surface area contributed by atoms with Crippen molar-refractivity contribution in [3.8, 4) is 5.75 Å². The van der Waals surface area contributed by atoms with Gasteiger partial charge in [-0.15, -0.1) is 0 Å². The molecule has 148 valence electrons. The topological polar surface area (TPSA) is 71.5 Å². The summed E-state index contributed by atoms with van der Waals surface area (Å²) in [5, 5.41) is 1.18. The molecule has 3 aromatic rings. The zero-order chi connectivity index (χ0) is 20.5. The summed E-state index contributed by atoms with van der Waals surface area (Å²) in [6.45, 7) is 0.588.